The smallest absolute Gasteiger partial charge is 0.243 e. The van der Waals surface area contributed by atoms with Crippen molar-refractivity contribution in [3.05, 3.63) is 0 Å². The van der Waals surface area contributed by atoms with Crippen LogP contribution in [0.15, 0.2) is 0 Å². The minimum atomic E-state index is -0.855. The highest BCUT2D eigenvalue weighted by Gasteiger charge is 2.27. The molecule has 1 unspecified atom stereocenters. The number of likely N-dealkylation sites (N-methyl/N-ethyl adjacent to an activating group) is 2. The van der Waals surface area contributed by atoms with Gasteiger partial charge in [-0.2, -0.15) is 12.6 Å². The Morgan fingerprint density at radius 1 is 1.18 bits per heavy atom. The third-order valence-corrected chi connectivity index (χ3v) is 3.60. The quantitative estimate of drug-likeness (QED) is 0.286. The van der Waals surface area contributed by atoms with Gasteiger partial charge >= 0.3 is 0 Å². The van der Waals surface area contributed by atoms with E-state index in [0.29, 0.717) is 19.5 Å². The maximum absolute atomic E-state index is 12.1. The number of nitrogens with zero attached hydrogens (tertiary/aromatic N) is 1. The number of hydrogen-bond donors (Lipinski definition) is 4. The predicted octanol–water partition coefficient (Wildman–Crippen LogP) is -0.485. The molecule has 22 heavy (non-hydrogen) atoms. The average Bonchev–Trinajstić information content (AvgIpc) is 2.48. The number of carbonyl (C=O) groups is 3. The fraction of sp³-hybridized carbons (Fsp3) is 0.786. The highest BCUT2D eigenvalue weighted by Crippen LogP contribution is 2.08. The van der Waals surface area contributed by atoms with Gasteiger partial charge in [0.2, 0.25) is 17.7 Å². The van der Waals surface area contributed by atoms with Gasteiger partial charge in [-0.1, -0.05) is 6.42 Å². The van der Waals surface area contributed by atoms with Crippen LogP contribution in [0.5, 0.6) is 0 Å². The summed E-state index contributed by atoms with van der Waals surface area (Å²) in [6, 6.07) is -0.855. The van der Waals surface area contributed by atoms with E-state index in [9.17, 15) is 14.4 Å². The standard InChI is InChI=1S/C14H28N4O3S/c1-16-7-8-17-14(21)11(10-12(15)19)18(2)13(20)6-4-3-5-9-22/h11,16,22H,3-10H2,1-2H3,(H2,15,19)(H,17,21). The zero-order valence-corrected chi connectivity index (χ0v) is 14.3. The van der Waals surface area contributed by atoms with Gasteiger partial charge in [-0.15, -0.1) is 0 Å². The summed E-state index contributed by atoms with van der Waals surface area (Å²) >= 11 is 4.12. The van der Waals surface area contributed by atoms with Gasteiger partial charge in [0.25, 0.3) is 0 Å². The van der Waals surface area contributed by atoms with E-state index >= 15 is 0 Å². The molecule has 0 aliphatic heterocycles. The van der Waals surface area contributed by atoms with Crippen LogP contribution >= 0.6 is 12.6 Å². The number of nitrogens with one attached hydrogen (secondary N) is 2. The van der Waals surface area contributed by atoms with E-state index in [1.807, 2.05) is 0 Å². The molecule has 0 aliphatic carbocycles. The first-order chi connectivity index (χ1) is 10.4. The first-order valence-electron chi connectivity index (χ1n) is 7.51. The molecule has 128 valence electrons. The Morgan fingerprint density at radius 2 is 1.86 bits per heavy atom. The number of primary amides is 1. The van der Waals surface area contributed by atoms with Crippen LogP contribution in [0.2, 0.25) is 0 Å². The van der Waals surface area contributed by atoms with Crippen LogP contribution in [-0.4, -0.2) is 61.6 Å². The Labute approximate surface area is 137 Å². The third-order valence-electron chi connectivity index (χ3n) is 3.28. The molecule has 0 aromatic rings. The molecule has 0 aliphatic rings. The number of thiol groups is 1. The van der Waals surface area contributed by atoms with Crippen molar-refractivity contribution in [2.45, 2.75) is 38.1 Å². The first kappa shape index (κ1) is 20.7. The van der Waals surface area contributed by atoms with E-state index in [2.05, 4.69) is 23.3 Å². The second kappa shape index (κ2) is 12.3. The molecule has 0 radical (unpaired) electrons. The van der Waals surface area contributed by atoms with Crippen LogP contribution in [0.1, 0.15) is 32.1 Å². The Kier molecular flexibility index (Phi) is 11.6. The molecule has 0 saturated carbocycles. The fourth-order valence-electron chi connectivity index (χ4n) is 1.94. The van der Waals surface area contributed by atoms with E-state index in [-0.39, 0.29) is 18.2 Å². The number of nitrogens with two attached hydrogens (primary N) is 1. The molecular formula is C14H28N4O3S. The zero-order chi connectivity index (χ0) is 17.0. The maximum Gasteiger partial charge on any atom is 0.243 e. The van der Waals surface area contributed by atoms with Gasteiger partial charge in [0, 0.05) is 26.6 Å². The molecule has 0 saturated heterocycles. The second-order valence-electron chi connectivity index (χ2n) is 5.12. The lowest BCUT2D eigenvalue weighted by atomic mass is 10.1. The lowest BCUT2D eigenvalue weighted by Crippen LogP contribution is -2.50. The van der Waals surface area contributed by atoms with Gasteiger partial charge < -0.3 is 21.3 Å². The van der Waals surface area contributed by atoms with Crippen molar-refractivity contribution < 1.29 is 14.4 Å². The number of hydrogen-bond acceptors (Lipinski definition) is 5. The minimum Gasteiger partial charge on any atom is -0.370 e. The summed E-state index contributed by atoms with van der Waals surface area (Å²) in [5, 5.41) is 5.59. The van der Waals surface area contributed by atoms with Crippen molar-refractivity contribution in [2.75, 3.05) is 32.9 Å². The van der Waals surface area contributed by atoms with Crippen molar-refractivity contribution in [3.63, 3.8) is 0 Å². The molecule has 0 bridgehead atoms. The van der Waals surface area contributed by atoms with Crippen molar-refractivity contribution >= 4 is 30.4 Å². The van der Waals surface area contributed by atoms with Crippen LogP contribution < -0.4 is 16.4 Å². The summed E-state index contributed by atoms with van der Waals surface area (Å²) in [7, 11) is 3.31. The van der Waals surface area contributed by atoms with Crippen molar-refractivity contribution in [2.24, 2.45) is 5.73 Å². The van der Waals surface area contributed by atoms with Gasteiger partial charge in [-0.05, 0) is 25.6 Å². The molecule has 4 N–H and O–H groups in total. The molecule has 0 rings (SSSR count). The van der Waals surface area contributed by atoms with E-state index in [1.54, 1.807) is 7.05 Å². The fourth-order valence-corrected chi connectivity index (χ4v) is 2.16. The van der Waals surface area contributed by atoms with Crippen molar-refractivity contribution in [3.8, 4) is 0 Å². The highest BCUT2D eigenvalue weighted by atomic mass is 32.1. The SMILES string of the molecule is CNCCNC(=O)C(CC(N)=O)N(C)C(=O)CCCCCS. The van der Waals surface area contributed by atoms with Gasteiger partial charge in [0.1, 0.15) is 6.04 Å². The Bertz CT molecular complexity index is 366. The van der Waals surface area contributed by atoms with Crippen molar-refractivity contribution in [1.29, 1.82) is 0 Å². The molecular weight excluding hydrogens is 304 g/mol. The molecule has 1 atom stereocenters. The summed E-state index contributed by atoms with van der Waals surface area (Å²) < 4.78 is 0. The normalized spacial score (nSPS) is 11.8. The van der Waals surface area contributed by atoms with Gasteiger partial charge in [0.15, 0.2) is 0 Å². The number of unbranched alkanes of at least 4 members (excludes halogenated alkanes) is 2. The third kappa shape index (κ3) is 8.89. The minimum absolute atomic E-state index is 0.158. The lowest BCUT2D eigenvalue weighted by molar-refractivity contribution is -0.140. The maximum atomic E-state index is 12.1. The summed E-state index contributed by atoms with van der Waals surface area (Å²) in [6.07, 6.45) is 2.79. The van der Waals surface area contributed by atoms with Crippen LogP contribution in [0.4, 0.5) is 0 Å². The zero-order valence-electron chi connectivity index (χ0n) is 13.4. The Balaban J connectivity index is 4.54. The molecule has 0 spiro atoms. The largest absolute Gasteiger partial charge is 0.370 e. The van der Waals surface area contributed by atoms with Crippen LogP contribution in [0.3, 0.4) is 0 Å². The van der Waals surface area contributed by atoms with E-state index in [0.717, 1.165) is 25.0 Å². The summed E-state index contributed by atoms with van der Waals surface area (Å²) in [4.78, 5) is 36.7. The second-order valence-corrected chi connectivity index (χ2v) is 5.57. The Morgan fingerprint density at radius 3 is 2.41 bits per heavy atom. The average molecular weight is 332 g/mol. The topological polar surface area (TPSA) is 105 Å². The van der Waals surface area contributed by atoms with E-state index in [4.69, 9.17) is 5.73 Å². The molecule has 0 aromatic heterocycles. The number of rotatable bonds is 12. The monoisotopic (exact) mass is 332 g/mol. The van der Waals surface area contributed by atoms with Gasteiger partial charge in [-0.25, -0.2) is 0 Å². The molecule has 7 nitrogen and oxygen atoms in total. The molecule has 0 fully saturated rings. The van der Waals surface area contributed by atoms with Crippen LogP contribution in [-0.2, 0) is 14.4 Å². The number of carbonyl (C=O) groups excluding carboxylic acids is 3. The number of amides is 3. The van der Waals surface area contributed by atoms with Crippen LogP contribution in [0, 0.1) is 0 Å². The first-order valence-corrected chi connectivity index (χ1v) is 8.14. The van der Waals surface area contributed by atoms with Crippen molar-refractivity contribution in [1.82, 2.24) is 15.5 Å². The molecule has 3 amide bonds. The predicted molar refractivity (Wildman–Crippen MR) is 89.6 cm³/mol. The summed E-state index contributed by atoms with van der Waals surface area (Å²) in [5.41, 5.74) is 5.19. The molecule has 8 heteroatoms. The Hall–Kier alpha value is -1.28. The molecule has 0 heterocycles. The highest BCUT2D eigenvalue weighted by molar-refractivity contribution is 7.80. The van der Waals surface area contributed by atoms with E-state index < -0.39 is 11.9 Å². The lowest BCUT2D eigenvalue weighted by Gasteiger charge is -2.26. The summed E-state index contributed by atoms with van der Waals surface area (Å²) in [5.74, 6) is -0.333. The van der Waals surface area contributed by atoms with Gasteiger partial charge in [-0.3, -0.25) is 14.4 Å². The molecule has 0 aromatic carbocycles. The van der Waals surface area contributed by atoms with Gasteiger partial charge in [0.05, 0.1) is 6.42 Å². The summed E-state index contributed by atoms with van der Waals surface area (Å²) in [6.45, 7) is 1.03. The van der Waals surface area contributed by atoms with Crippen LogP contribution in [0.25, 0.3) is 0 Å². The van der Waals surface area contributed by atoms with E-state index in [1.165, 1.54) is 11.9 Å².